The lowest BCUT2D eigenvalue weighted by molar-refractivity contribution is 0.532. The zero-order valence-corrected chi connectivity index (χ0v) is 9.59. The second-order valence-electron chi connectivity index (χ2n) is 2.49. The summed E-state index contributed by atoms with van der Waals surface area (Å²) in [5.41, 5.74) is -2.55. The van der Waals surface area contributed by atoms with E-state index in [4.69, 9.17) is 34.8 Å². The summed E-state index contributed by atoms with van der Waals surface area (Å²) in [5, 5.41) is 0. The molecule has 0 fully saturated rings. The molecular formula is C6H6Cl3N3O3. The molecule has 84 valence electrons. The predicted molar refractivity (Wildman–Crippen MR) is 56.8 cm³/mol. The molecule has 15 heavy (non-hydrogen) atoms. The molecule has 0 aliphatic heterocycles. The van der Waals surface area contributed by atoms with Gasteiger partial charge in [0.15, 0.2) is 0 Å². The van der Waals surface area contributed by atoms with Crippen LogP contribution in [0.25, 0.3) is 0 Å². The van der Waals surface area contributed by atoms with Gasteiger partial charge in [0.05, 0.1) is 0 Å². The maximum atomic E-state index is 11.4. The zero-order valence-electron chi connectivity index (χ0n) is 7.32. The first-order chi connectivity index (χ1) is 7.08. The van der Waals surface area contributed by atoms with Crippen LogP contribution in [-0.2, 0) is 18.0 Å². The molecule has 1 aromatic heterocycles. The van der Waals surface area contributed by atoms with E-state index in [1.165, 1.54) is 0 Å². The van der Waals surface area contributed by atoms with Crippen molar-refractivity contribution < 1.29 is 0 Å². The fourth-order valence-electron chi connectivity index (χ4n) is 0.989. The second kappa shape index (κ2) is 4.87. The van der Waals surface area contributed by atoms with E-state index in [9.17, 15) is 14.4 Å². The van der Waals surface area contributed by atoms with E-state index < -0.39 is 17.1 Å². The van der Waals surface area contributed by atoms with Gasteiger partial charge in [-0.25, -0.2) is 28.1 Å². The summed E-state index contributed by atoms with van der Waals surface area (Å²) in [6, 6.07) is -1.11. The number of halogens is 3. The van der Waals surface area contributed by atoms with E-state index in [1.54, 1.807) is 0 Å². The molecule has 1 rings (SSSR count). The third-order valence-corrected chi connectivity index (χ3v) is 2.46. The van der Waals surface area contributed by atoms with E-state index in [-0.39, 0.29) is 18.0 Å². The lowest BCUT2D eigenvalue weighted by atomic mass is 10.8. The molecule has 0 aliphatic carbocycles. The molecule has 0 amide bonds. The standard InChI is InChI=1S/C6H6Cl3N3O3/c7-1-10-4(13)11(2-8)6(15)12(3-9)5(10)14/h1-3H2. The summed E-state index contributed by atoms with van der Waals surface area (Å²) in [7, 11) is 0. The Morgan fingerprint density at radius 1 is 0.667 bits per heavy atom. The van der Waals surface area contributed by atoms with Crippen LogP contribution in [-0.4, -0.2) is 13.7 Å². The van der Waals surface area contributed by atoms with Gasteiger partial charge in [0, 0.05) is 0 Å². The van der Waals surface area contributed by atoms with Gasteiger partial charge in [-0.15, -0.1) is 34.8 Å². The largest absolute Gasteiger partial charge is 0.338 e. The van der Waals surface area contributed by atoms with Crippen molar-refractivity contribution in [3.05, 3.63) is 31.5 Å². The van der Waals surface area contributed by atoms with E-state index in [0.29, 0.717) is 13.7 Å². The molecule has 6 nitrogen and oxygen atoms in total. The smallest absolute Gasteiger partial charge is 0.247 e. The number of rotatable bonds is 3. The van der Waals surface area contributed by atoms with E-state index in [0.717, 1.165) is 0 Å². The quantitative estimate of drug-likeness (QED) is 0.715. The van der Waals surface area contributed by atoms with Crippen LogP contribution in [0.2, 0.25) is 0 Å². The van der Waals surface area contributed by atoms with Gasteiger partial charge in [-0.1, -0.05) is 0 Å². The number of hydrogen-bond acceptors (Lipinski definition) is 3. The summed E-state index contributed by atoms with van der Waals surface area (Å²) in [6.07, 6.45) is 0. The first-order valence-electron chi connectivity index (χ1n) is 3.70. The lowest BCUT2D eigenvalue weighted by Gasteiger charge is -2.07. The van der Waals surface area contributed by atoms with Gasteiger partial charge in [-0.2, -0.15) is 0 Å². The molecule has 1 aromatic rings. The summed E-state index contributed by atoms with van der Waals surface area (Å²) in [6.45, 7) is 0. The topological polar surface area (TPSA) is 66.0 Å². The number of nitrogens with zero attached hydrogens (tertiary/aromatic N) is 3. The van der Waals surface area contributed by atoms with Crippen molar-refractivity contribution in [3.8, 4) is 0 Å². The zero-order chi connectivity index (χ0) is 11.6. The maximum Gasteiger partial charge on any atom is 0.338 e. The Bertz CT molecular complexity index is 423. The average Bonchev–Trinajstić information content (AvgIpc) is 2.19. The van der Waals surface area contributed by atoms with Gasteiger partial charge in [0.2, 0.25) is 0 Å². The Labute approximate surface area is 98.2 Å². The van der Waals surface area contributed by atoms with Gasteiger partial charge in [-0.05, 0) is 0 Å². The van der Waals surface area contributed by atoms with Crippen LogP contribution in [0, 0.1) is 0 Å². The van der Waals surface area contributed by atoms with Gasteiger partial charge >= 0.3 is 17.1 Å². The highest BCUT2D eigenvalue weighted by Crippen LogP contribution is 1.83. The van der Waals surface area contributed by atoms with Crippen LogP contribution in [0.5, 0.6) is 0 Å². The Kier molecular flexibility index (Phi) is 4.01. The predicted octanol–water partition coefficient (Wildman–Crippen LogP) is -0.239. The maximum absolute atomic E-state index is 11.4. The van der Waals surface area contributed by atoms with Crippen molar-refractivity contribution in [2.45, 2.75) is 18.0 Å². The molecule has 0 N–H and O–H groups in total. The van der Waals surface area contributed by atoms with Crippen molar-refractivity contribution >= 4 is 34.8 Å². The molecule has 0 saturated carbocycles. The minimum Gasteiger partial charge on any atom is -0.247 e. The van der Waals surface area contributed by atoms with Crippen LogP contribution >= 0.6 is 34.8 Å². The molecule has 1 heterocycles. The van der Waals surface area contributed by atoms with Crippen LogP contribution in [0.15, 0.2) is 14.4 Å². The second-order valence-corrected chi connectivity index (χ2v) is 3.21. The molecule has 0 spiro atoms. The Morgan fingerprint density at radius 3 is 1.00 bits per heavy atom. The van der Waals surface area contributed by atoms with Gasteiger partial charge in [0.25, 0.3) is 0 Å². The number of alkyl halides is 3. The van der Waals surface area contributed by atoms with Crippen LogP contribution in [0.4, 0.5) is 0 Å². The molecule has 0 bridgehead atoms. The molecular weight excluding hydrogens is 268 g/mol. The summed E-state index contributed by atoms with van der Waals surface area (Å²) < 4.78 is 1.98. The average molecular weight is 274 g/mol. The normalized spacial score (nSPS) is 10.6. The highest BCUT2D eigenvalue weighted by atomic mass is 35.5. The monoisotopic (exact) mass is 273 g/mol. The number of hydrogen-bond donors (Lipinski definition) is 0. The minimum absolute atomic E-state index is 0.369. The Morgan fingerprint density at radius 2 is 0.867 bits per heavy atom. The third kappa shape index (κ3) is 1.97. The summed E-state index contributed by atoms with van der Waals surface area (Å²) >= 11 is 16.2. The van der Waals surface area contributed by atoms with E-state index in [1.807, 2.05) is 0 Å². The van der Waals surface area contributed by atoms with Gasteiger partial charge < -0.3 is 0 Å². The van der Waals surface area contributed by atoms with Crippen molar-refractivity contribution in [1.29, 1.82) is 0 Å². The van der Waals surface area contributed by atoms with Crippen LogP contribution in [0.3, 0.4) is 0 Å². The van der Waals surface area contributed by atoms with Crippen molar-refractivity contribution in [2.24, 2.45) is 0 Å². The van der Waals surface area contributed by atoms with Crippen molar-refractivity contribution in [1.82, 2.24) is 13.7 Å². The molecule has 9 heteroatoms. The molecule has 0 unspecified atom stereocenters. The van der Waals surface area contributed by atoms with Gasteiger partial charge in [-0.3, -0.25) is 0 Å². The Balaban J connectivity index is 3.82. The number of aromatic nitrogens is 3. The lowest BCUT2D eigenvalue weighted by Crippen LogP contribution is -2.53. The van der Waals surface area contributed by atoms with Crippen LogP contribution in [0.1, 0.15) is 0 Å². The first kappa shape index (κ1) is 12.4. The van der Waals surface area contributed by atoms with E-state index >= 15 is 0 Å². The summed E-state index contributed by atoms with van der Waals surface area (Å²) in [5.74, 6) is 0. The van der Waals surface area contributed by atoms with Gasteiger partial charge in [0.1, 0.15) is 18.0 Å². The molecule has 0 aliphatic rings. The van der Waals surface area contributed by atoms with Crippen molar-refractivity contribution in [3.63, 3.8) is 0 Å². The molecule has 0 atom stereocenters. The van der Waals surface area contributed by atoms with E-state index in [2.05, 4.69) is 0 Å². The van der Waals surface area contributed by atoms with Crippen LogP contribution < -0.4 is 17.1 Å². The highest BCUT2D eigenvalue weighted by Gasteiger charge is 2.12. The fraction of sp³-hybridized carbons (Fsp3) is 0.500. The third-order valence-electron chi connectivity index (χ3n) is 1.74. The Hall–Kier alpha value is -0.720. The molecule has 0 saturated heterocycles. The SMILES string of the molecule is O=c1n(CCl)c(=O)n(CCl)c(=O)n1CCl. The first-order valence-corrected chi connectivity index (χ1v) is 5.31. The highest BCUT2D eigenvalue weighted by molar-refractivity contribution is 6.16. The van der Waals surface area contributed by atoms with Crippen molar-refractivity contribution in [2.75, 3.05) is 0 Å². The fourth-order valence-corrected chi connectivity index (χ4v) is 1.60. The molecule has 0 radical (unpaired) electrons. The molecule has 0 aromatic carbocycles. The summed E-state index contributed by atoms with van der Waals surface area (Å²) in [4.78, 5) is 34.3. The minimum atomic E-state index is -0.851.